The zero-order chi connectivity index (χ0) is 14.0. The van der Waals surface area contributed by atoms with E-state index in [0.717, 1.165) is 10.8 Å². The molecular weight excluding hydrogens is 254 g/mol. The summed E-state index contributed by atoms with van der Waals surface area (Å²) < 4.78 is 1.01. The first-order valence-electron chi connectivity index (χ1n) is 5.06. The topological polar surface area (TPSA) is 115 Å². The van der Waals surface area contributed by atoms with Crippen LogP contribution in [0.5, 0.6) is 0 Å². The molecule has 0 amide bonds. The number of nitrogens with zero attached hydrogens (tertiary/aromatic N) is 3. The average Bonchev–Trinajstić information content (AvgIpc) is 2.38. The summed E-state index contributed by atoms with van der Waals surface area (Å²) in [6, 6.07) is 5.01. The third kappa shape index (κ3) is 2.32. The lowest BCUT2D eigenvalue weighted by atomic mass is 10.3. The van der Waals surface area contributed by atoms with E-state index in [0.29, 0.717) is 0 Å². The van der Waals surface area contributed by atoms with Crippen LogP contribution in [-0.4, -0.2) is 25.6 Å². The molecule has 0 unspecified atom stereocenters. The Kier molecular flexibility index (Phi) is 3.06. The van der Waals surface area contributed by atoms with Gasteiger partial charge >= 0.3 is 5.97 Å². The van der Waals surface area contributed by atoms with Gasteiger partial charge in [-0.2, -0.15) is 0 Å². The van der Waals surface area contributed by atoms with E-state index < -0.39 is 22.0 Å². The number of aromatic nitrogens is 2. The number of nitro groups is 1. The number of carbonyl (C=O) groups is 1. The first-order valence-corrected chi connectivity index (χ1v) is 5.06. The Morgan fingerprint density at radius 1 is 1.37 bits per heavy atom. The third-order valence-corrected chi connectivity index (χ3v) is 2.37. The van der Waals surface area contributed by atoms with Crippen LogP contribution < -0.4 is 5.56 Å². The molecular formula is C11H7N3O5. The van der Waals surface area contributed by atoms with Crippen LogP contribution in [-0.2, 0) is 0 Å². The zero-order valence-electron chi connectivity index (χ0n) is 9.39. The fourth-order valence-electron chi connectivity index (χ4n) is 1.47. The highest BCUT2D eigenvalue weighted by Gasteiger charge is 2.12. The number of carboxylic acids is 1. The van der Waals surface area contributed by atoms with Gasteiger partial charge in [-0.05, 0) is 18.2 Å². The van der Waals surface area contributed by atoms with Crippen LogP contribution in [0.4, 0.5) is 5.69 Å². The van der Waals surface area contributed by atoms with Crippen molar-refractivity contribution in [3.05, 3.63) is 62.7 Å². The predicted molar refractivity (Wildman–Crippen MR) is 63.4 cm³/mol. The van der Waals surface area contributed by atoms with E-state index in [1.54, 1.807) is 0 Å². The van der Waals surface area contributed by atoms with Crippen LogP contribution in [0.25, 0.3) is 5.82 Å². The van der Waals surface area contributed by atoms with Gasteiger partial charge in [-0.25, -0.2) is 9.78 Å². The second-order valence-corrected chi connectivity index (χ2v) is 3.53. The third-order valence-electron chi connectivity index (χ3n) is 2.37. The minimum Gasteiger partial charge on any atom is -0.477 e. The average molecular weight is 261 g/mol. The Morgan fingerprint density at radius 3 is 2.63 bits per heavy atom. The molecule has 2 rings (SSSR count). The van der Waals surface area contributed by atoms with E-state index in [-0.39, 0.29) is 11.5 Å². The van der Waals surface area contributed by atoms with Crippen molar-refractivity contribution in [2.45, 2.75) is 0 Å². The Balaban J connectivity index is 2.53. The van der Waals surface area contributed by atoms with Crippen LogP contribution in [0.15, 0.2) is 41.5 Å². The SMILES string of the molecule is O=C(O)c1cccn(-c2ccc([N+](=O)[O-])cn2)c1=O. The minimum absolute atomic E-state index is 0.110. The molecule has 0 spiro atoms. The van der Waals surface area contributed by atoms with Crippen LogP contribution >= 0.6 is 0 Å². The quantitative estimate of drug-likeness (QED) is 0.646. The predicted octanol–water partition coefficient (Wildman–Crippen LogP) is 0.839. The van der Waals surface area contributed by atoms with Crippen molar-refractivity contribution in [2.75, 3.05) is 0 Å². The minimum atomic E-state index is -1.35. The summed E-state index contributed by atoms with van der Waals surface area (Å²) in [7, 11) is 0. The number of hydrogen-bond acceptors (Lipinski definition) is 5. The lowest BCUT2D eigenvalue weighted by molar-refractivity contribution is -0.385. The fourth-order valence-corrected chi connectivity index (χ4v) is 1.47. The second kappa shape index (κ2) is 4.69. The molecule has 0 aromatic carbocycles. The maximum Gasteiger partial charge on any atom is 0.341 e. The molecule has 0 saturated heterocycles. The largest absolute Gasteiger partial charge is 0.477 e. The van der Waals surface area contributed by atoms with E-state index in [4.69, 9.17) is 5.11 Å². The van der Waals surface area contributed by atoms with E-state index >= 15 is 0 Å². The van der Waals surface area contributed by atoms with Gasteiger partial charge in [-0.3, -0.25) is 19.5 Å². The van der Waals surface area contributed by atoms with Gasteiger partial charge in [0.2, 0.25) is 0 Å². The molecule has 2 heterocycles. The molecule has 0 radical (unpaired) electrons. The van der Waals surface area contributed by atoms with Crippen LogP contribution in [0.1, 0.15) is 10.4 Å². The van der Waals surface area contributed by atoms with E-state index in [1.165, 1.54) is 30.5 Å². The molecule has 96 valence electrons. The molecule has 0 bridgehead atoms. The van der Waals surface area contributed by atoms with Crippen LogP contribution in [0.3, 0.4) is 0 Å². The van der Waals surface area contributed by atoms with Gasteiger partial charge in [0.15, 0.2) is 0 Å². The van der Waals surface area contributed by atoms with E-state index in [1.807, 2.05) is 0 Å². The lowest BCUT2D eigenvalue weighted by Gasteiger charge is -2.04. The summed E-state index contributed by atoms with van der Waals surface area (Å²) in [4.78, 5) is 36.3. The molecule has 8 heteroatoms. The number of pyridine rings is 2. The van der Waals surface area contributed by atoms with Gasteiger partial charge in [-0.1, -0.05) is 0 Å². The molecule has 0 saturated carbocycles. The Hall–Kier alpha value is -3.03. The van der Waals surface area contributed by atoms with Gasteiger partial charge in [0.05, 0.1) is 4.92 Å². The van der Waals surface area contributed by atoms with Crippen LogP contribution in [0.2, 0.25) is 0 Å². The number of aromatic carboxylic acids is 1. The highest BCUT2D eigenvalue weighted by Crippen LogP contribution is 2.10. The molecule has 2 aromatic heterocycles. The molecule has 0 atom stereocenters. The Morgan fingerprint density at radius 2 is 2.11 bits per heavy atom. The number of rotatable bonds is 3. The molecule has 2 aromatic rings. The Labute approximate surface area is 105 Å². The smallest absolute Gasteiger partial charge is 0.341 e. The van der Waals surface area contributed by atoms with Crippen molar-refractivity contribution in [1.29, 1.82) is 0 Å². The fraction of sp³-hybridized carbons (Fsp3) is 0. The highest BCUT2D eigenvalue weighted by atomic mass is 16.6. The molecule has 0 aliphatic carbocycles. The summed E-state index contributed by atoms with van der Waals surface area (Å²) in [5.41, 5.74) is -1.37. The van der Waals surface area contributed by atoms with Gasteiger partial charge in [0, 0.05) is 12.3 Å². The van der Waals surface area contributed by atoms with Gasteiger partial charge < -0.3 is 5.11 Å². The van der Waals surface area contributed by atoms with Crippen molar-refractivity contribution in [2.24, 2.45) is 0 Å². The summed E-state index contributed by atoms with van der Waals surface area (Å²) in [5.74, 6) is -1.24. The first kappa shape index (κ1) is 12.4. The molecule has 1 N–H and O–H groups in total. The second-order valence-electron chi connectivity index (χ2n) is 3.53. The van der Waals surface area contributed by atoms with Crippen molar-refractivity contribution < 1.29 is 14.8 Å². The van der Waals surface area contributed by atoms with E-state index in [9.17, 15) is 19.7 Å². The lowest BCUT2D eigenvalue weighted by Crippen LogP contribution is -2.24. The molecule has 19 heavy (non-hydrogen) atoms. The van der Waals surface area contributed by atoms with Crippen molar-refractivity contribution >= 4 is 11.7 Å². The maximum absolute atomic E-state index is 11.8. The number of hydrogen-bond donors (Lipinski definition) is 1. The normalized spacial score (nSPS) is 10.1. The van der Waals surface area contributed by atoms with Crippen molar-refractivity contribution in [3.63, 3.8) is 0 Å². The Bertz CT molecular complexity index is 705. The summed E-state index contributed by atoms with van der Waals surface area (Å²) in [5, 5.41) is 19.3. The summed E-state index contributed by atoms with van der Waals surface area (Å²) in [6.07, 6.45) is 2.33. The highest BCUT2D eigenvalue weighted by molar-refractivity contribution is 5.87. The summed E-state index contributed by atoms with van der Waals surface area (Å²) in [6.45, 7) is 0. The van der Waals surface area contributed by atoms with Crippen molar-refractivity contribution in [1.82, 2.24) is 9.55 Å². The van der Waals surface area contributed by atoms with Crippen LogP contribution in [0, 0.1) is 10.1 Å². The summed E-state index contributed by atoms with van der Waals surface area (Å²) >= 11 is 0. The maximum atomic E-state index is 11.8. The molecule has 0 fully saturated rings. The zero-order valence-corrected chi connectivity index (χ0v) is 9.39. The molecule has 0 aliphatic rings. The molecule has 8 nitrogen and oxygen atoms in total. The van der Waals surface area contributed by atoms with Gasteiger partial charge in [-0.15, -0.1) is 0 Å². The van der Waals surface area contributed by atoms with Gasteiger partial charge in [0.25, 0.3) is 11.2 Å². The van der Waals surface area contributed by atoms with E-state index in [2.05, 4.69) is 4.98 Å². The first-order chi connectivity index (χ1) is 9.00. The van der Waals surface area contributed by atoms with Crippen molar-refractivity contribution in [3.8, 4) is 5.82 Å². The molecule has 0 aliphatic heterocycles. The monoisotopic (exact) mass is 261 g/mol. The number of carboxylic acid groups (broad SMARTS) is 1. The van der Waals surface area contributed by atoms with Gasteiger partial charge in [0.1, 0.15) is 17.6 Å². The standard InChI is InChI=1S/C11H7N3O5/c15-10-8(11(16)17)2-1-5-13(10)9-4-3-7(6-12-9)14(18)19/h1-6H,(H,16,17).